The number of hydrogen-bond acceptors (Lipinski definition) is 5. The standard InChI is InChI=1S/C19H25ClF2N6O2/c1-12-26-27-17(28(12)2)11-25-19(24-10-15-4-3-7-29-15)23-9-13-8-14(20)5-6-16(13)30-18(21)22/h5-6,8,15,18H,3-4,7,9-11H2,1-2H3,(H2,23,24,25). The van der Waals surface area contributed by atoms with Gasteiger partial charge in [-0.3, -0.25) is 0 Å². The fourth-order valence-corrected chi connectivity index (χ4v) is 3.20. The van der Waals surface area contributed by atoms with Crippen LogP contribution in [0.3, 0.4) is 0 Å². The average molecular weight is 443 g/mol. The number of halogens is 3. The molecule has 1 aliphatic heterocycles. The van der Waals surface area contributed by atoms with Crippen LogP contribution in [0.2, 0.25) is 5.02 Å². The minimum atomic E-state index is -2.93. The number of benzene rings is 1. The highest BCUT2D eigenvalue weighted by atomic mass is 35.5. The summed E-state index contributed by atoms with van der Waals surface area (Å²) in [6, 6.07) is 4.47. The third-order valence-electron chi connectivity index (χ3n) is 4.76. The molecule has 11 heteroatoms. The van der Waals surface area contributed by atoms with Gasteiger partial charge in [0.25, 0.3) is 0 Å². The summed E-state index contributed by atoms with van der Waals surface area (Å²) in [4.78, 5) is 4.51. The van der Waals surface area contributed by atoms with E-state index in [1.807, 2.05) is 18.5 Å². The lowest BCUT2D eigenvalue weighted by Gasteiger charge is -2.16. The Morgan fingerprint density at radius 1 is 1.40 bits per heavy atom. The third-order valence-corrected chi connectivity index (χ3v) is 5.00. The zero-order valence-corrected chi connectivity index (χ0v) is 17.6. The van der Waals surface area contributed by atoms with Gasteiger partial charge in [0.15, 0.2) is 11.8 Å². The molecule has 1 unspecified atom stereocenters. The summed E-state index contributed by atoms with van der Waals surface area (Å²) in [6.45, 7) is 0.765. The lowest BCUT2D eigenvalue weighted by Crippen LogP contribution is -2.41. The van der Waals surface area contributed by atoms with E-state index in [4.69, 9.17) is 16.3 Å². The fraction of sp³-hybridized carbons (Fsp3) is 0.526. The maximum absolute atomic E-state index is 12.7. The average Bonchev–Trinajstić information content (AvgIpc) is 3.34. The van der Waals surface area contributed by atoms with Crippen LogP contribution in [-0.4, -0.2) is 46.6 Å². The predicted molar refractivity (Wildman–Crippen MR) is 109 cm³/mol. The van der Waals surface area contributed by atoms with Crippen LogP contribution in [0.4, 0.5) is 8.78 Å². The quantitative estimate of drug-likeness (QED) is 0.483. The minimum absolute atomic E-state index is 0.0422. The lowest BCUT2D eigenvalue weighted by atomic mass is 10.2. The Hall–Kier alpha value is -2.46. The van der Waals surface area contributed by atoms with E-state index in [2.05, 4.69) is 30.6 Å². The van der Waals surface area contributed by atoms with Gasteiger partial charge in [-0.15, -0.1) is 10.2 Å². The lowest BCUT2D eigenvalue weighted by molar-refractivity contribution is -0.0504. The SMILES string of the molecule is Cc1nnc(CNC(=NCc2cc(Cl)ccc2OC(F)F)NCC2CCCO2)n1C. The zero-order valence-electron chi connectivity index (χ0n) is 16.9. The molecular weight excluding hydrogens is 418 g/mol. The molecule has 1 saturated heterocycles. The van der Waals surface area contributed by atoms with E-state index in [0.717, 1.165) is 31.1 Å². The summed E-state index contributed by atoms with van der Waals surface area (Å²) in [6.07, 6.45) is 2.11. The Morgan fingerprint density at radius 2 is 2.23 bits per heavy atom. The normalized spacial score (nSPS) is 16.9. The number of nitrogens with zero attached hydrogens (tertiary/aromatic N) is 4. The summed E-state index contributed by atoms with van der Waals surface area (Å²) in [5.41, 5.74) is 0.454. The first-order chi connectivity index (χ1) is 14.4. The van der Waals surface area contributed by atoms with Crippen molar-refractivity contribution in [2.45, 2.75) is 45.6 Å². The Balaban J connectivity index is 1.72. The third kappa shape index (κ3) is 6.27. The molecule has 8 nitrogen and oxygen atoms in total. The van der Waals surface area contributed by atoms with Crippen molar-refractivity contribution in [2.24, 2.45) is 12.0 Å². The van der Waals surface area contributed by atoms with Crippen LogP contribution in [-0.2, 0) is 24.9 Å². The minimum Gasteiger partial charge on any atom is -0.434 e. The number of alkyl halides is 2. The molecule has 1 aromatic heterocycles. The molecule has 1 atom stereocenters. The number of guanidine groups is 1. The number of rotatable bonds is 8. The van der Waals surface area contributed by atoms with Crippen molar-refractivity contribution in [1.82, 2.24) is 25.4 Å². The van der Waals surface area contributed by atoms with Gasteiger partial charge in [-0.25, -0.2) is 4.99 Å². The Labute approximate surface area is 178 Å². The molecule has 0 amide bonds. The van der Waals surface area contributed by atoms with Crippen LogP contribution < -0.4 is 15.4 Å². The summed E-state index contributed by atoms with van der Waals surface area (Å²) in [5, 5.41) is 15.0. The Kier molecular flexibility index (Phi) is 7.81. The van der Waals surface area contributed by atoms with Crippen molar-refractivity contribution in [3.8, 4) is 5.75 Å². The second-order valence-electron chi connectivity index (χ2n) is 6.89. The van der Waals surface area contributed by atoms with Gasteiger partial charge >= 0.3 is 6.61 Å². The molecule has 1 fully saturated rings. The van der Waals surface area contributed by atoms with Gasteiger partial charge in [0, 0.05) is 30.8 Å². The first-order valence-corrected chi connectivity index (χ1v) is 10.0. The van der Waals surface area contributed by atoms with Crippen molar-refractivity contribution in [3.63, 3.8) is 0 Å². The van der Waals surface area contributed by atoms with Crippen molar-refractivity contribution in [1.29, 1.82) is 0 Å². The molecule has 0 saturated carbocycles. The van der Waals surface area contributed by atoms with Crippen LogP contribution in [0, 0.1) is 6.92 Å². The number of ether oxygens (including phenoxy) is 2. The van der Waals surface area contributed by atoms with Gasteiger partial charge in [-0.05, 0) is 38.0 Å². The second-order valence-corrected chi connectivity index (χ2v) is 7.32. The Morgan fingerprint density at radius 3 is 2.90 bits per heavy atom. The summed E-state index contributed by atoms with van der Waals surface area (Å²) in [5.74, 6) is 2.07. The van der Waals surface area contributed by atoms with Crippen molar-refractivity contribution >= 4 is 17.6 Å². The number of aromatic nitrogens is 3. The molecule has 2 N–H and O–H groups in total. The first-order valence-electron chi connectivity index (χ1n) is 9.64. The van der Waals surface area contributed by atoms with Crippen LogP contribution in [0.25, 0.3) is 0 Å². The fourth-order valence-electron chi connectivity index (χ4n) is 3.00. The van der Waals surface area contributed by atoms with Crippen LogP contribution >= 0.6 is 11.6 Å². The number of nitrogens with one attached hydrogen (secondary N) is 2. The molecule has 0 spiro atoms. The van der Waals surface area contributed by atoms with E-state index in [1.54, 1.807) is 6.07 Å². The summed E-state index contributed by atoms with van der Waals surface area (Å²) < 4.78 is 37.5. The molecule has 0 aliphatic carbocycles. The van der Waals surface area contributed by atoms with Gasteiger partial charge in [0.2, 0.25) is 0 Å². The number of aliphatic imine (C=N–C) groups is 1. The molecule has 0 bridgehead atoms. The number of hydrogen-bond donors (Lipinski definition) is 2. The van der Waals surface area contributed by atoms with Crippen molar-refractivity contribution in [2.75, 3.05) is 13.2 Å². The monoisotopic (exact) mass is 442 g/mol. The maximum Gasteiger partial charge on any atom is 0.387 e. The molecule has 2 aromatic rings. The van der Waals surface area contributed by atoms with Gasteiger partial charge in [0.05, 0.1) is 19.2 Å². The van der Waals surface area contributed by atoms with E-state index >= 15 is 0 Å². The van der Waals surface area contributed by atoms with Crippen LogP contribution in [0.5, 0.6) is 5.75 Å². The molecule has 30 heavy (non-hydrogen) atoms. The van der Waals surface area contributed by atoms with Crippen molar-refractivity contribution in [3.05, 3.63) is 40.4 Å². The predicted octanol–water partition coefficient (Wildman–Crippen LogP) is 2.79. The topological polar surface area (TPSA) is 85.6 Å². The maximum atomic E-state index is 12.7. The highest BCUT2D eigenvalue weighted by Gasteiger charge is 2.16. The molecule has 3 rings (SSSR count). The largest absolute Gasteiger partial charge is 0.434 e. The van der Waals surface area contributed by atoms with Crippen molar-refractivity contribution < 1.29 is 18.3 Å². The van der Waals surface area contributed by atoms with Gasteiger partial charge < -0.3 is 24.7 Å². The van der Waals surface area contributed by atoms with E-state index in [9.17, 15) is 8.78 Å². The summed E-state index contributed by atoms with van der Waals surface area (Å²) in [7, 11) is 1.88. The molecule has 2 heterocycles. The molecule has 1 aromatic carbocycles. The van der Waals surface area contributed by atoms with E-state index in [1.165, 1.54) is 12.1 Å². The Bertz CT molecular complexity index is 871. The van der Waals surface area contributed by atoms with E-state index in [0.29, 0.717) is 29.6 Å². The van der Waals surface area contributed by atoms with Crippen LogP contribution in [0.15, 0.2) is 23.2 Å². The van der Waals surface area contributed by atoms with Gasteiger partial charge in [-0.2, -0.15) is 8.78 Å². The zero-order chi connectivity index (χ0) is 21.5. The molecule has 0 radical (unpaired) electrons. The molecular formula is C19H25ClF2N6O2. The highest BCUT2D eigenvalue weighted by molar-refractivity contribution is 6.30. The number of aryl methyl sites for hydroxylation is 1. The van der Waals surface area contributed by atoms with Crippen LogP contribution in [0.1, 0.15) is 30.1 Å². The summed E-state index contributed by atoms with van der Waals surface area (Å²) >= 11 is 6.02. The van der Waals surface area contributed by atoms with E-state index in [-0.39, 0.29) is 18.4 Å². The molecule has 164 valence electrons. The first kappa shape index (κ1) is 22.2. The van der Waals surface area contributed by atoms with Gasteiger partial charge in [0.1, 0.15) is 11.6 Å². The molecule has 1 aliphatic rings. The highest BCUT2D eigenvalue weighted by Crippen LogP contribution is 2.25. The van der Waals surface area contributed by atoms with E-state index < -0.39 is 6.61 Å². The second kappa shape index (κ2) is 10.5. The smallest absolute Gasteiger partial charge is 0.387 e. The van der Waals surface area contributed by atoms with Gasteiger partial charge in [-0.1, -0.05) is 11.6 Å².